The van der Waals surface area contributed by atoms with E-state index in [1.54, 1.807) is 17.1 Å². The third-order valence-electron chi connectivity index (χ3n) is 5.29. The van der Waals surface area contributed by atoms with Crippen LogP contribution in [0.25, 0.3) is 0 Å². The van der Waals surface area contributed by atoms with Crippen molar-refractivity contribution >= 4 is 11.9 Å². The van der Waals surface area contributed by atoms with Crippen molar-refractivity contribution in [3.05, 3.63) is 35.9 Å². The summed E-state index contributed by atoms with van der Waals surface area (Å²) in [5.74, 6) is 0.700. The molecule has 2 N–H and O–H groups in total. The first-order valence-corrected chi connectivity index (χ1v) is 8.49. The van der Waals surface area contributed by atoms with Gasteiger partial charge in [-0.15, -0.1) is 0 Å². The molecule has 2 aromatic heterocycles. The van der Waals surface area contributed by atoms with E-state index < -0.39 is 0 Å². The smallest absolute Gasteiger partial charge is 0.244 e. The van der Waals surface area contributed by atoms with Crippen LogP contribution in [0, 0.1) is 12.3 Å². The average molecular weight is 341 g/mol. The van der Waals surface area contributed by atoms with Crippen LogP contribution < -0.4 is 5.73 Å². The van der Waals surface area contributed by atoms with Gasteiger partial charge in [-0.05, 0) is 25.6 Å². The molecular weight excluding hydrogens is 318 g/mol. The Morgan fingerprint density at radius 1 is 1.40 bits per heavy atom. The molecule has 1 unspecified atom stereocenters. The first-order valence-electron chi connectivity index (χ1n) is 8.49. The molecule has 4 heterocycles. The quantitative estimate of drug-likeness (QED) is 0.852. The van der Waals surface area contributed by atoms with E-state index in [-0.39, 0.29) is 17.2 Å². The lowest BCUT2D eigenvalue weighted by Crippen LogP contribution is -2.62. The summed E-state index contributed by atoms with van der Waals surface area (Å²) >= 11 is 0. The normalized spacial score (nSPS) is 22.3. The topological polar surface area (TPSA) is 93.2 Å². The zero-order chi connectivity index (χ0) is 17.6. The van der Waals surface area contributed by atoms with Crippen molar-refractivity contribution < 1.29 is 4.79 Å². The molecule has 0 aliphatic carbocycles. The molecule has 1 atom stereocenters. The van der Waals surface area contributed by atoms with Gasteiger partial charge < -0.3 is 15.5 Å². The number of nitrogen functional groups attached to an aromatic ring is 1. The number of carbonyl (C=O) groups is 1. The largest absolute Gasteiger partial charge is 0.368 e. The summed E-state index contributed by atoms with van der Waals surface area (Å²) in [5, 5.41) is 4.20. The Kier molecular flexibility index (Phi) is 3.72. The maximum Gasteiger partial charge on any atom is 0.244 e. The molecule has 25 heavy (non-hydrogen) atoms. The van der Waals surface area contributed by atoms with Crippen LogP contribution in [-0.4, -0.2) is 68.7 Å². The lowest BCUT2D eigenvalue weighted by molar-refractivity contribution is -0.144. The molecule has 8 nitrogen and oxygen atoms in total. The molecule has 2 aliphatic rings. The fourth-order valence-corrected chi connectivity index (χ4v) is 4.21. The highest BCUT2D eigenvalue weighted by Gasteiger charge is 2.55. The van der Waals surface area contributed by atoms with Gasteiger partial charge in [0.05, 0.1) is 11.9 Å². The lowest BCUT2D eigenvalue weighted by atomic mass is 9.70. The molecule has 2 saturated heterocycles. The van der Waals surface area contributed by atoms with Gasteiger partial charge in [0.25, 0.3) is 0 Å². The average Bonchev–Trinajstić information content (AvgIpc) is 3.09. The Bertz CT molecular complexity index is 796. The van der Waals surface area contributed by atoms with Crippen molar-refractivity contribution in [2.45, 2.75) is 19.4 Å². The summed E-state index contributed by atoms with van der Waals surface area (Å²) < 4.78 is 1.70. The van der Waals surface area contributed by atoms with E-state index in [2.05, 4.69) is 27.0 Å². The van der Waals surface area contributed by atoms with Gasteiger partial charge in [-0.25, -0.2) is 9.97 Å². The Balaban J connectivity index is 1.46. The summed E-state index contributed by atoms with van der Waals surface area (Å²) in [6.07, 6.45) is 5.38. The zero-order valence-corrected chi connectivity index (χ0v) is 14.6. The Morgan fingerprint density at radius 2 is 2.20 bits per heavy atom. The number of carbonyl (C=O) groups excluding carboxylic acids is 1. The second-order valence-corrected chi connectivity index (χ2v) is 7.42. The van der Waals surface area contributed by atoms with E-state index in [9.17, 15) is 4.79 Å². The van der Waals surface area contributed by atoms with Gasteiger partial charge in [-0.3, -0.25) is 9.48 Å². The standard InChI is InChI=1S/C17H23N7O/c1-12-5-20-24(6-12)8-15(25)23-10-17(11-23)9-22(2)7-13(17)14-3-4-19-16(18)21-14/h3-6,13H,7-11H2,1-2H3,(H2,18,19,21). The van der Waals surface area contributed by atoms with E-state index in [0.717, 1.165) is 37.4 Å². The molecule has 0 aromatic carbocycles. The van der Waals surface area contributed by atoms with E-state index in [0.29, 0.717) is 12.5 Å². The molecule has 0 saturated carbocycles. The molecule has 2 fully saturated rings. The monoisotopic (exact) mass is 341 g/mol. The van der Waals surface area contributed by atoms with Gasteiger partial charge in [0.15, 0.2) is 0 Å². The van der Waals surface area contributed by atoms with Gasteiger partial charge >= 0.3 is 0 Å². The maximum atomic E-state index is 12.5. The van der Waals surface area contributed by atoms with Crippen molar-refractivity contribution in [3.63, 3.8) is 0 Å². The summed E-state index contributed by atoms with van der Waals surface area (Å²) in [5.41, 5.74) is 7.86. The number of nitrogens with two attached hydrogens (primary N) is 1. The number of amides is 1. The first-order chi connectivity index (χ1) is 11.9. The molecule has 132 valence electrons. The highest BCUT2D eigenvalue weighted by molar-refractivity contribution is 5.77. The number of likely N-dealkylation sites (N-methyl/N-ethyl adjacent to an activating group) is 1. The van der Waals surface area contributed by atoms with E-state index in [4.69, 9.17) is 5.73 Å². The van der Waals surface area contributed by atoms with Crippen LogP contribution in [0.3, 0.4) is 0 Å². The predicted molar refractivity (Wildman–Crippen MR) is 92.7 cm³/mol. The van der Waals surface area contributed by atoms with E-state index >= 15 is 0 Å². The van der Waals surface area contributed by atoms with Crippen molar-refractivity contribution in [2.24, 2.45) is 5.41 Å². The van der Waals surface area contributed by atoms with Crippen LogP contribution in [0.2, 0.25) is 0 Å². The zero-order valence-electron chi connectivity index (χ0n) is 14.6. The summed E-state index contributed by atoms with van der Waals surface area (Å²) in [7, 11) is 2.11. The molecule has 2 aromatic rings. The van der Waals surface area contributed by atoms with Crippen LogP contribution in [0.5, 0.6) is 0 Å². The third-order valence-corrected chi connectivity index (χ3v) is 5.29. The maximum absolute atomic E-state index is 12.5. The molecule has 2 aliphatic heterocycles. The van der Waals surface area contributed by atoms with Gasteiger partial charge in [-0.2, -0.15) is 5.10 Å². The number of hydrogen-bond donors (Lipinski definition) is 1. The minimum absolute atomic E-state index is 0.0608. The number of hydrogen-bond acceptors (Lipinski definition) is 6. The van der Waals surface area contributed by atoms with Crippen LogP contribution >= 0.6 is 0 Å². The summed E-state index contributed by atoms with van der Waals surface area (Å²) in [4.78, 5) is 25.2. The Morgan fingerprint density at radius 3 is 2.88 bits per heavy atom. The predicted octanol–water partition coefficient (Wildman–Crippen LogP) is 0.122. The van der Waals surface area contributed by atoms with Gasteiger partial charge in [0.1, 0.15) is 6.54 Å². The second kappa shape index (κ2) is 5.80. The number of anilines is 1. The van der Waals surface area contributed by atoms with Crippen LogP contribution in [0.1, 0.15) is 17.2 Å². The fourth-order valence-electron chi connectivity index (χ4n) is 4.21. The molecule has 0 radical (unpaired) electrons. The number of rotatable bonds is 3. The van der Waals surface area contributed by atoms with Gasteiger partial charge in [-0.1, -0.05) is 0 Å². The van der Waals surface area contributed by atoms with Crippen molar-refractivity contribution in [1.29, 1.82) is 0 Å². The molecule has 0 bridgehead atoms. The minimum atomic E-state index is 0.0608. The van der Waals surface area contributed by atoms with Gasteiger partial charge in [0.2, 0.25) is 11.9 Å². The van der Waals surface area contributed by atoms with Crippen molar-refractivity contribution in [3.8, 4) is 0 Å². The molecule has 4 rings (SSSR count). The van der Waals surface area contributed by atoms with E-state index in [1.807, 2.05) is 24.1 Å². The highest BCUT2D eigenvalue weighted by atomic mass is 16.2. The fraction of sp³-hybridized carbons (Fsp3) is 0.529. The first kappa shape index (κ1) is 16.0. The van der Waals surface area contributed by atoms with Crippen LogP contribution in [0.15, 0.2) is 24.7 Å². The van der Waals surface area contributed by atoms with Crippen LogP contribution in [-0.2, 0) is 11.3 Å². The number of nitrogens with zero attached hydrogens (tertiary/aromatic N) is 6. The molecule has 8 heteroatoms. The molecule has 1 spiro atoms. The summed E-state index contributed by atoms with van der Waals surface area (Å²) in [6.45, 7) is 5.67. The van der Waals surface area contributed by atoms with Gasteiger partial charge in [0, 0.05) is 49.9 Å². The van der Waals surface area contributed by atoms with Crippen molar-refractivity contribution in [1.82, 2.24) is 29.5 Å². The number of aromatic nitrogens is 4. The minimum Gasteiger partial charge on any atom is -0.368 e. The number of likely N-dealkylation sites (tertiary alicyclic amines) is 2. The summed E-state index contributed by atoms with van der Waals surface area (Å²) in [6, 6.07) is 1.94. The van der Waals surface area contributed by atoms with Crippen LogP contribution in [0.4, 0.5) is 5.95 Å². The van der Waals surface area contributed by atoms with Crippen molar-refractivity contribution in [2.75, 3.05) is 39.0 Å². The Labute approximate surface area is 146 Å². The molecular formula is C17H23N7O. The third kappa shape index (κ3) is 2.86. The SMILES string of the molecule is Cc1cnn(CC(=O)N2CC3(CN(C)CC3c3ccnc(N)n3)C2)c1. The molecule has 1 amide bonds. The second-order valence-electron chi connectivity index (χ2n) is 7.42. The highest BCUT2D eigenvalue weighted by Crippen LogP contribution is 2.48. The van der Waals surface area contributed by atoms with E-state index in [1.165, 1.54) is 0 Å². The number of aryl methyl sites for hydroxylation is 1. The Hall–Kier alpha value is -2.48. The lowest BCUT2D eigenvalue weighted by Gasteiger charge is -2.51.